The maximum absolute atomic E-state index is 12.3. The highest BCUT2D eigenvalue weighted by atomic mass is 16.4. The molecule has 0 aliphatic heterocycles. The molecule has 0 aliphatic carbocycles. The molecule has 1 amide bonds. The monoisotopic (exact) mass is 291 g/mol. The van der Waals surface area contributed by atoms with E-state index in [9.17, 15) is 14.7 Å². The second-order valence-electron chi connectivity index (χ2n) is 4.86. The molecule has 8 heteroatoms. The van der Waals surface area contributed by atoms with E-state index in [1.54, 1.807) is 38.8 Å². The van der Waals surface area contributed by atoms with Gasteiger partial charge in [0.1, 0.15) is 0 Å². The van der Waals surface area contributed by atoms with Crippen LogP contribution in [0.1, 0.15) is 33.4 Å². The number of aryl methyl sites for hydroxylation is 3. The molecule has 0 bridgehead atoms. The summed E-state index contributed by atoms with van der Waals surface area (Å²) < 4.78 is 3.07. The smallest absolute Gasteiger partial charge is 0.331 e. The van der Waals surface area contributed by atoms with Gasteiger partial charge in [0.15, 0.2) is 6.04 Å². The van der Waals surface area contributed by atoms with Crippen LogP contribution < -0.4 is 5.32 Å². The molecule has 112 valence electrons. The minimum absolute atomic E-state index is 0.396. The third-order valence-electron chi connectivity index (χ3n) is 3.32. The Morgan fingerprint density at radius 1 is 1.33 bits per heavy atom. The van der Waals surface area contributed by atoms with E-state index >= 15 is 0 Å². The fraction of sp³-hybridized carbons (Fsp3) is 0.385. The number of hydrogen-bond acceptors (Lipinski definition) is 4. The normalized spacial score (nSPS) is 12.2. The van der Waals surface area contributed by atoms with Crippen molar-refractivity contribution in [3.8, 4) is 0 Å². The number of nitrogens with one attached hydrogen (secondary N) is 1. The second kappa shape index (κ2) is 5.39. The maximum Gasteiger partial charge on any atom is 0.331 e. The number of carbonyl (C=O) groups excluding carboxylic acids is 1. The molecule has 2 N–H and O–H groups in total. The first-order valence-electron chi connectivity index (χ1n) is 6.33. The van der Waals surface area contributed by atoms with Gasteiger partial charge in [0.25, 0.3) is 5.91 Å². The zero-order valence-electron chi connectivity index (χ0n) is 12.3. The van der Waals surface area contributed by atoms with Gasteiger partial charge in [-0.1, -0.05) is 0 Å². The summed E-state index contributed by atoms with van der Waals surface area (Å²) in [6, 6.07) is -1.15. The average Bonchev–Trinajstić information content (AvgIpc) is 2.91. The number of amides is 1. The highest BCUT2D eigenvalue weighted by Gasteiger charge is 2.26. The summed E-state index contributed by atoms with van der Waals surface area (Å²) in [5.41, 5.74) is 2.05. The lowest BCUT2D eigenvalue weighted by molar-refractivity contribution is -0.139. The Morgan fingerprint density at radius 3 is 2.43 bits per heavy atom. The van der Waals surface area contributed by atoms with E-state index in [0.717, 1.165) is 0 Å². The van der Waals surface area contributed by atoms with E-state index in [0.29, 0.717) is 22.5 Å². The first-order chi connectivity index (χ1) is 9.81. The molecule has 2 heterocycles. The van der Waals surface area contributed by atoms with Crippen molar-refractivity contribution >= 4 is 11.9 Å². The van der Waals surface area contributed by atoms with E-state index in [1.807, 2.05) is 0 Å². The van der Waals surface area contributed by atoms with Gasteiger partial charge >= 0.3 is 5.97 Å². The molecule has 2 aromatic heterocycles. The van der Waals surface area contributed by atoms with E-state index in [4.69, 9.17) is 0 Å². The SMILES string of the molecule is Cc1nn(C)c(C)c1C(=O)NC(C(=O)O)c1cnn(C)c1. The van der Waals surface area contributed by atoms with Crippen molar-refractivity contribution in [1.82, 2.24) is 24.9 Å². The maximum atomic E-state index is 12.3. The number of rotatable bonds is 4. The highest BCUT2D eigenvalue weighted by molar-refractivity contribution is 5.98. The Balaban J connectivity index is 2.29. The molecule has 0 saturated carbocycles. The van der Waals surface area contributed by atoms with Gasteiger partial charge in [-0.3, -0.25) is 14.2 Å². The van der Waals surface area contributed by atoms with Crippen LogP contribution in [0.3, 0.4) is 0 Å². The van der Waals surface area contributed by atoms with Crippen molar-refractivity contribution < 1.29 is 14.7 Å². The van der Waals surface area contributed by atoms with Gasteiger partial charge in [0.2, 0.25) is 0 Å². The molecule has 21 heavy (non-hydrogen) atoms. The quantitative estimate of drug-likeness (QED) is 0.845. The molecule has 2 aromatic rings. The van der Waals surface area contributed by atoms with E-state index in [2.05, 4.69) is 15.5 Å². The molecule has 0 spiro atoms. The van der Waals surface area contributed by atoms with Crippen molar-refractivity contribution in [2.24, 2.45) is 14.1 Å². The zero-order chi connectivity index (χ0) is 15.7. The van der Waals surface area contributed by atoms with Gasteiger partial charge in [-0.15, -0.1) is 0 Å². The molecule has 1 atom stereocenters. The first-order valence-corrected chi connectivity index (χ1v) is 6.33. The molecule has 0 radical (unpaired) electrons. The van der Waals surface area contributed by atoms with Gasteiger partial charge in [-0.2, -0.15) is 10.2 Å². The Morgan fingerprint density at radius 2 is 2.00 bits per heavy atom. The van der Waals surface area contributed by atoms with Crippen molar-refractivity contribution in [2.45, 2.75) is 19.9 Å². The Labute approximate surface area is 121 Å². The van der Waals surface area contributed by atoms with Gasteiger partial charge in [-0.25, -0.2) is 4.79 Å². The van der Waals surface area contributed by atoms with Crippen LogP contribution >= 0.6 is 0 Å². The standard InChI is InChI=1S/C13H17N5O3/c1-7-10(8(2)18(4)16-7)12(19)15-11(13(20)21)9-5-14-17(3)6-9/h5-6,11H,1-4H3,(H,15,19)(H,20,21). The fourth-order valence-corrected chi connectivity index (χ4v) is 2.18. The van der Waals surface area contributed by atoms with Gasteiger partial charge in [-0.05, 0) is 13.8 Å². The number of carboxylic acids is 1. The zero-order valence-corrected chi connectivity index (χ0v) is 12.3. The minimum Gasteiger partial charge on any atom is -0.479 e. The summed E-state index contributed by atoms with van der Waals surface area (Å²) in [7, 11) is 3.41. The van der Waals surface area contributed by atoms with E-state index < -0.39 is 17.9 Å². The van der Waals surface area contributed by atoms with E-state index in [1.165, 1.54) is 10.9 Å². The van der Waals surface area contributed by atoms with Crippen LogP contribution in [0.15, 0.2) is 12.4 Å². The van der Waals surface area contributed by atoms with Gasteiger partial charge < -0.3 is 10.4 Å². The summed E-state index contributed by atoms with van der Waals surface area (Å²) >= 11 is 0. The third-order valence-corrected chi connectivity index (χ3v) is 3.32. The van der Waals surface area contributed by atoms with Gasteiger partial charge in [0, 0.05) is 31.5 Å². The summed E-state index contributed by atoms with van der Waals surface area (Å²) in [4.78, 5) is 23.7. The Kier molecular flexibility index (Phi) is 3.79. The van der Waals surface area contributed by atoms with Crippen LogP contribution in [0.4, 0.5) is 0 Å². The van der Waals surface area contributed by atoms with Crippen molar-refractivity contribution in [1.29, 1.82) is 0 Å². The summed E-state index contributed by atoms with van der Waals surface area (Å²) in [5.74, 6) is -1.61. The Bertz CT molecular complexity index is 701. The number of nitrogens with zero attached hydrogens (tertiary/aromatic N) is 4. The number of aromatic nitrogens is 4. The van der Waals surface area contributed by atoms with Crippen LogP contribution in [0, 0.1) is 13.8 Å². The van der Waals surface area contributed by atoms with Crippen LogP contribution in [0.2, 0.25) is 0 Å². The lowest BCUT2D eigenvalue weighted by atomic mass is 10.1. The molecule has 1 unspecified atom stereocenters. The van der Waals surface area contributed by atoms with Crippen LogP contribution in [-0.4, -0.2) is 36.5 Å². The predicted molar refractivity (Wildman–Crippen MR) is 73.7 cm³/mol. The molecule has 0 fully saturated rings. The topological polar surface area (TPSA) is 102 Å². The van der Waals surface area contributed by atoms with E-state index in [-0.39, 0.29) is 0 Å². The molecule has 0 aliphatic rings. The minimum atomic E-state index is -1.15. The Hall–Kier alpha value is -2.64. The van der Waals surface area contributed by atoms with Crippen molar-refractivity contribution in [3.63, 3.8) is 0 Å². The summed E-state index contributed by atoms with van der Waals surface area (Å²) in [5, 5.41) is 19.9. The van der Waals surface area contributed by atoms with Gasteiger partial charge in [0.05, 0.1) is 17.5 Å². The highest BCUT2D eigenvalue weighted by Crippen LogP contribution is 2.16. The number of carboxylic acid groups (broad SMARTS) is 1. The number of carbonyl (C=O) groups is 2. The molecule has 0 aromatic carbocycles. The number of aliphatic carboxylic acids is 1. The first kappa shape index (κ1) is 14.8. The van der Waals surface area contributed by atoms with Crippen LogP contribution in [-0.2, 0) is 18.9 Å². The third kappa shape index (κ3) is 2.78. The molecule has 0 saturated heterocycles. The van der Waals surface area contributed by atoms with Crippen molar-refractivity contribution in [3.05, 3.63) is 34.9 Å². The lowest BCUT2D eigenvalue weighted by Crippen LogP contribution is -2.34. The average molecular weight is 291 g/mol. The van der Waals surface area contributed by atoms with Crippen LogP contribution in [0.5, 0.6) is 0 Å². The summed E-state index contributed by atoms with van der Waals surface area (Å²) in [6.45, 7) is 3.47. The predicted octanol–water partition coefficient (Wildman–Crippen LogP) is 0.326. The van der Waals surface area contributed by atoms with Crippen molar-refractivity contribution in [2.75, 3.05) is 0 Å². The molecule has 2 rings (SSSR count). The molecule has 8 nitrogen and oxygen atoms in total. The lowest BCUT2D eigenvalue weighted by Gasteiger charge is -2.13. The fourth-order valence-electron chi connectivity index (χ4n) is 2.18. The summed E-state index contributed by atoms with van der Waals surface area (Å²) in [6.07, 6.45) is 2.98. The molecular weight excluding hydrogens is 274 g/mol. The largest absolute Gasteiger partial charge is 0.479 e. The molecular formula is C13H17N5O3. The second-order valence-corrected chi connectivity index (χ2v) is 4.86. The number of hydrogen-bond donors (Lipinski definition) is 2. The van der Waals surface area contributed by atoms with Crippen LogP contribution in [0.25, 0.3) is 0 Å².